The van der Waals surface area contributed by atoms with Crippen LogP contribution in [0.1, 0.15) is 23.6 Å². The Morgan fingerprint density at radius 2 is 2.05 bits per heavy atom. The molecule has 0 spiro atoms. The van der Waals surface area contributed by atoms with E-state index in [1.807, 2.05) is 13.0 Å². The van der Waals surface area contributed by atoms with Gasteiger partial charge in [0.25, 0.3) is 0 Å². The lowest BCUT2D eigenvalue weighted by Crippen LogP contribution is -2.12. The molecule has 0 aliphatic rings. The molecule has 0 saturated heterocycles. The molecule has 5 heteroatoms. The van der Waals surface area contributed by atoms with Gasteiger partial charge in [-0.25, -0.2) is 4.39 Å². The Hall–Kier alpha value is -1.65. The van der Waals surface area contributed by atoms with Gasteiger partial charge < -0.3 is 10.5 Å². The first-order valence-electron chi connectivity index (χ1n) is 6.50. The normalized spacial score (nSPS) is 10.4. The van der Waals surface area contributed by atoms with Gasteiger partial charge in [0.1, 0.15) is 23.2 Å². The lowest BCUT2D eigenvalue weighted by molar-refractivity contribution is 0.306. The van der Waals surface area contributed by atoms with E-state index in [9.17, 15) is 4.39 Å². The van der Waals surface area contributed by atoms with Crippen LogP contribution >= 0.6 is 23.8 Å². The monoisotopic (exact) mass is 323 g/mol. The van der Waals surface area contributed by atoms with Crippen LogP contribution in [0.5, 0.6) is 5.75 Å². The first-order valence-corrected chi connectivity index (χ1v) is 7.29. The molecule has 0 aliphatic heterocycles. The molecule has 0 unspecified atom stereocenters. The molecule has 0 bridgehead atoms. The van der Waals surface area contributed by atoms with Crippen LogP contribution in [0.4, 0.5) is 4.39 Å². The van der Waals surface area contributed by atoms with Crippen molar-refractivity contribution in [2.45, 2.75) is 20.0 Å². The maximum Gasteiger partial charge on any atom is 0.133 e. The highest BCUT2D eigenvalue weighted by molar-refractivity contribution is 7.80. The second-order valence-corrected chi connectivity index (χ2v) is 5.42. The van der Waals surface area contributed by atoms with Gasteiger partial charge >= 0.3 is 0 Å². The predicted octanol–water partition coefficient (Wildman–Crippen LogP) is 4.25. The zero-order valence-electron chi connectivity index (χ0n) is 11.5. The van der Waals surface area contributed by atoms with Crippen molar-refractivity contribution in [2.75, 3.05) is 0 Å². The zero-order chi connectivity index (χ0) is 15.4. The molecule has 2 rings (SSSR count). The zero-order valence-corrected chi connectivity index (χ0v) is 13.1. The molecule has 0 aromatic heterocycles. The summed E-state index contributed by atoms with van der Waals surface area (Å²) in [4.78, 5) is 0.0362. The summed E-state index contributed by atoms with van der Waals surface area (Å²) in [6, 6.07) is 10.1. The third-order valence-electron chi connectivity index (χ3n) is 3.10. The summed E-state index contributed by atoms with van der Waals surface area (Å²) in [5, 5.41) is 0.724. The average molecular weight is 324 g/mol. The molecule has 2 aromatic rings. The van der Waals surface area contributed by atoms with E-state index in [2.05, 4.69) is 0 Å². The van der Waals surface area contributed by atoms with Gasteiger partial charge in [-0.3, -0.25) is 0 Å². The topological polar surface area (TPSA) is 35.2 Å². The van der Waals surface area contributed by atoms with Crippen LogP contribution in [-0.2, 0) is 13.0 Å². The fourth-order valence-corrected chi connectivity index (χ4v) is 2.34. The van der Waals surface area contributed by atoms with E-state index in [4.69, 9.17) is 34.3 Å². The maximum atomic E-state index is 13.5. The molecule has 0 aliphatic carbocycles. The van der Waals surface area contributed by atoms with Gasteiger partial charge in [0.2, 0.25) is 0 Å². The molecule has 110 valence electrons. The highest BCUT2D eigenvalue weighted by atomic mass is 35.5. The van der Waals surface area contributed by atoms with Crippen molar-refractivity contribution in [3.05, 3.63) is 63.9 Å². The Labute approximate surface area is 133 Å². The van der Waals surface area contributed by atoms with E-state index in [1.54, 1.807) is 24.3 Å². The summed E-state index contributed by atoms with van der Waals surface area (Å²) in [5.74, 6) is 0.295. The molecule has 0 fully saturated rings. The van der Waals surface area contributed by atoms with Crippen LogP contribution in [0.25, 0.3) is 0 Å². The van der Waals surface area contributed by atoms with E-state index < -0.39 is 5.82 Å². The largest absolute Gasteiger partial charge is 0.489 e. The molecular weight excluding hydrogens is 309 g/mol. The summed E-state index contributed by atoms with van der Waals surface area (Å²) in [6.07, 6.45) is 0.832. The van der Waals surface area contributed by atoms with E-state index in [0.717, 1.165) is 28.3 Å². The number of rotatable bonds is 5. The first kappa shape index (κ1) is 15.7. The molecule has 0 heterocycles. The smallest absolute Gasteiger partial charge is 0.133 e. The number of nitrogens with two attached hydrogens (primary N) is 1. The minimum atomic E-state index is -0.425. The van der Waals surface area contributed by atoms with Gasteiger partial charge in [-0.1, -0.05) is 36.8 Å². The fraction of sp³-hybridized carbons (Fsp3) is 0.188. The van der Waals surface area contributed by atoms with Crippen LogP contribution in [0.2, 0.25) is 5.02 Å². The molecule has 0 amide bonds. The Bertz CT molecular complexity index is 675. The number of halogens is 2. The van der Waals surface area contributed by atoms with Crippen LogP contribution in [0, 0.1) is 5.82 Å². The van der Waals surface area contributed by atoms with Crippen molar-refractivity contribution in [1.82, 2.24) is 0 Å². The summed E-state index contributed by atoms with van der Waals surface area (Å²) < 4.78 is 19.2. The summed E-state index contributed by atoms with van der Waals surface area (Å²) in [6.45, 7) is 2.33. The summed E-state index contributed by atoms with van der Waals surface area (Å²) in [5.41, 5.74) is 7.54. The minimum Gasteiger partial charge on any atom is -0.489 e. The molecule has 0 radical (unpaired) electrons. The van der Waals surface area contributed by atoms with Gasteiger partial charge in [0.15, 0.2) is 0 Å². The van der Waals surface area contributed by atoms with Crippen molar-refractivity contribution in [2.24, 2.45) is 5.73 Å². The van der Waals surface area contributed by atoms with Gasteiger partial charge in [0, 0.05) is 10.6 Å². The number of ether oxygens (including phenoxy) is 1. The average Bonchev–Trinajstić information content (AvgIpc) is 2.47. The molecule has 2 nitrogen and oxygen atoms in total. The molecule has 21 heavy (non-hydrogen) atoms. The molecule has 0 saturated carbocycles. The third-order valence-corrected chi connectivity index (χ3v) is 3.69. The Balaban J connectivity index is 2.13. The third kappa shape index (κ3) is 3.93. The highest BCUT2D eigenvalue weighted by Crippen LogP contribution is 2.23. The standard InChI is InChI=1S/C16H15ClFNOS/c1-2-11-8-12(4-5-14(11)17)20-9-10-3-6-15(18)13(7-10)16(19)21/h3-8H,2,9H2,1H3,(H2,19,21). The number of thiocarbonyl (C=S) groups is 1. The Morgan fingerprint density at radius 1 is 1.29 bits per heavy atom. The SMILES string of the molecule is CCc1cc(OCc2ccc(F)c(C(N)=S)c2)ccc1Cl. The number of benzene rings is 2. The lowest BCUT2D eigenvalue weighted by atomic mass is 10.1. The molecular formula is C16H15ClFNOS. The van der Waals surface area contributed by atoms with Crippen molar-refractivity contribution >= 4 is 28.8 Å². The van der Waals surface area contributed by atoms with Crippen LogP contribution in [0.3, 0.4) is 0 Å². The van der Waals surface area contributed by atoms with Crippen LogP contribution < -0.4 is 10.5 Å². The molecule has 2 N–H and O–H groups in total. The predicted molar refractivity (Wildman–Crippen MR) is 87.4 cm³/mol. The minimum absolute atomic E-state index is 0.0362. The Kier molecular flexibility index (Phi) is 5.15. The van der Waals surface area contributed by atoms with Crippen molar-refractivity contribution < 1.29 is 9.13 Å². The second kappa shape index (κ2) is 6.87. The highest BCUT2D eigenvalue weighted by Gasteiger charge is 2.07. The van der Waals surface area contributed by atoms with Crippen LogP contribution in [0.15, 0.2) is 36.4 Å². The van der Waals surface area contributed by atoms with E-state index >= 15 is 0 Å². The Morgan fingerprint density at radius 3 is 2.71 bits per heavy atom. The van der Waals surface area contributed by atoms with Gasteiger partial charge in [-0.15, -0.1) is 0 Å². The van der Waals surface area contributed by atoms with E-state index in [1.165, 1.54) is 6.07 Å². The fourth-order valence-electron chi connectivity index (χ4n) is 1.93. The van der Waals surface area contributed by atoms with E-state index in [-0.39, 0.29) is 10.6 Å². The lowest BCUT2D eigenvalue weighted by Gasteiger charge is -2.10. The molecule has 0 atom stereocenters. The summed E-state index contributed by atoms with van der Waals surface area (Å²) in [7, 11) is 0. The summed E-state index contributed by atoms with van der Waals surface area (Å²) >= 11 is 10.9. The van der Waals surface area contributed by atoms with Crippen molar-refractivity contribution in [3.63, 3.8) is 0 Å². The van der Waals surface area contributed by atoms with Crippen molar-refractivity contribution in [1.29, 1.82) is 0 Å². The first-order chi connectivity index (χ1) is 10.0. The van der Waals surface area contributed by atoms with Gasteiger partial charge in [0.05, 0.1) is 0 Å². The van der Waals surface area contributed by atoms with Gasteiger partial charge in [-0.2, -0.15) is 0 Å². The number of hydrogen-bond donors (Lipinski definition) is 1. The van der Waals surface area contributed by atoms with Crippen LogP contribution in [-0.4, -0.2) is 4.99 Å². The number of aryl methyl sites for hydroxylation is 1. The quantitative estimate of drug-likeness (QED) is 0.835. The second-order valence-electron chi connectivity index (χ2n) is 4.57. The van der Waals surface area contributed by atoms with Gasteiger partial charge in [-0.05, 0) is 47.9 Å². The maximum absolute atomic E-state index is 13.5. The number of hydrogen-bond acceptors (Lipinski definition) is 2. The van der Waals surface area contributed by atoms with Crippen molar-refractivity contribution in [3.8, 4) is 5.75 Å². The molecule has 2 aromatic carbocycles. The van der Waals surface area contributed by atoms with E-state index in [0.29, 0.717) is 6.61 Å².